The Kier molecular flexibility index (Phi) is 5.17. The molecular weight excluding hydrogens is 174 g/mol. The summed E-state index contributed by atoms with van der Waals surface area (Å²) < 4.78 is 24.1. The molecule has 0 saturated carbocycles. The molecule has 0 aliphatic rings. The molecule has 0 fully saturated rings. The Morgan fingerprint density at radius 2 is 2.08 bits per heavy atom. The molecule has 0 aliphatic heterocycles. The van der Waals surface area contributed by atoms with Crippen LogP contribution in [0.1, 0.15) is 19.8 Å². The third-order valence-corrected chi connectivity index (χ3v) is 3.48. The second kappa shape index (κ2) is 5.32. The Hall–Kier alpha value is -0.350. The summed E-state index contributed by atoms with van der Waals surface area (Å²) in [6.07, 6.45) is 3.00. The van der Waals surface area contributed by atoms with Gasteiger partial charge in [-0.3, -0.25) is 0 Å². The maximum atomic E-state index is 11.4. The number of hydrogen-bond donors (Lipinski definition) is 0. The zero-order valence-corrected chi connectivity index (χ0v) is 8.60. The third-order valence-electron chi connectivity index (χ3n) is 1.59. The summed E-state index contributed by atoms with van der Waals surface area (Å²) in [6, 6.07) is 0. The van der Waals surface area contributed by atoms with Crippen LogP contribution < -0.4 is 0 Å². The predicted octanol–water partition coefficient (Wildman–Crippen LogP) is 1.23. The molecule has 0 N–H and O–H groups in total. The standard InChI is InChI=1S/C8H17NO2S/c1-4-6-8-12(10,11)9(3)7-5-2/h4H,1,5-8H2,2-3H3. The minimum absolute atomic E-state index is 0.174. The minimum Gasteiger partial charge on any atom is -0.212 e. The Bertz CT molecular complexity index is 221. The van der Waals surface area contributed by atoms with Crippen molar-refractivity contribution < 1.29 is 8.42 Å². The van der Waals surface area contributed by atoms with Crippen molar-refractivity contribution in [2.24, 2.45) is 0 Å². The van der Waals surface area contributed by atoms with Crippen molar-refractivity contribution in [1.82, 2.24) is 4.31 Å². The molecule has 0 saturated heterocycles. The predicted molar refractivity (Wildman–Crippen MR) is 51.5 cm³/mol. The molecule has 3 nitrogen and oxygen atoms in total. The van der Waals surface area contributed by atoms with Crippen molar-refractivity contribution >= 4 is 10.0 Å². The highest BCUT2D eigenvalue weighted by Crippen LogP contribution is 2.01. The molecule has 0 aliphatic carbocycles. The average molecular weight is 191 g/mol. The van der Waals surface area contributed by atoms with E-state index in [4.69, 9.17) is 0 Å². The van der Waals surface area contributed by atoms with Gasteiger partial charge in [0.05, 0.1) is 5.75 Å². The Morgan fingerprint density at radius 1 is 1.50 bits per heavy atom. The lowest BCUT2D eigenvalue weighted by Crippen LogP contribution is -2.29. The molecule has 0 atom stereocenters. The van der Waals surface area contributed by atoms with E-state index in [1.165, 1.54) is 4.31 Å². The second-order valence-electron chi connectivity index (χ2n) is 2.71. The van der Waals surface area contributed by atoms with Crippen LogP contribution in [0, 0.1) is 0 Å². The summed E-state index contributed by atoms with van der Waals surface area (Å²) in [6.45, 7) is 6.04. The molecule has 0 aromatic heterocycles. The van der Waals surface area contributed by atoms with Gasteiger partial charge < -0.3 is 0 Å². The Morgan fingerprint density at radius 3 is 2.50 bits per heavy atom. The molecule has 0 rings (SSSR count). The highest BCUT2D eigenvalue weighted by molar-refractivity contribution is 7.89. The van der Waals surface area contributed by atoms with Gasteiger partial charge in [-0.25, -0.2) is 12.7 Å². The van der Waals surface area contributed by atoms with Crippen LogP contribution in [-0.2, 0) is 10.0 Å². The van der Waals surface area contributed by atoms with Gasteiger partial charge in [-0.1, -0.05) is 13.0 Å². The molecule has 12 heavy (non-hydrogen) atoms. The summed E-state index contributed by atoms with van der Waals surface area (Å²) in [7, 11) is -1.41. The van der Waals surface area contributed by atoms with Crippen LogP contribution in [0.3, 0.4) is 0 Å². The van der Waals surface area contributed by atoms with Gasteiger partial charge in [0, 0.05) is 13.6 Å². The van der Waals surface area contributed by atoms with Gasteiger partial charge in [-0.2, -0.15) is 0 Å². The quantitative estimate of drug-likeness (QED) is 0.592. The van der Waals surface area contributed by atoms with E-state index in [-0.39, 0.29) is 5.75 Å². The van der Waals surface area contributed by atoms with Crippen molar-refractivity contribution in [1.29, 1.82) is 0 Å². The fraction of sp³-hybridized carbons (Fsp3) is 0.750. The van der Waals surface area contributed by atoms with Gasteiger partial charge in [-0.05, 0) is 12.8 Å². The highest BCUT2D eigenvalue weighted by atomic mass is 32.2. The van der Waals surface area contributed by atoms with Crippen molar-refractivity contribution in [3.8, 4) is 0 Å². The molecule has 0 unspecified atom stereocenters. The molecule has 0 bridgehead atoms. The Balaban J connectivity index is 4.09. The average Bonchev–Trinajstić information content (AvgIpc) is 2.01. The van der Waals surface area contributed by atoms with Crippen LogP contribution in [0.15, 0.2) is 12.7 Å². The highest BCUT2D eigenvalue weighted by Gasteiger charge is 2.14. The molecule has 0 aromatic rings. The SMILES string of the molecule is C=CCCS(=O)(=O)N(C)CCC. The summed E-state index contributed by atoms with van der Waals surface area (Å²) in [5, 5.41) is 0. The van der Waals surface area contributed by atoms with E-state index < -0.39 is 10.0 Å². The largest absolute Gasteiger partial charge is 0.214 e. The van der Waals surface area contributed by atoms with E-state index in [9.17, 15) is 8.42 Å². The first-order valence-electron chi connectivity index (χ1n) is 4.09. The van der Waals surface area contributed by atoms with Crippen LogP contribution in [-0.4, -0.2) is 32.1 Å². The zero-order chi connectivity index (χ0) is 9.61. The lowest BCUT2D eigenvalue weighted by atomic mass is 10.5. The molecular formula is C8H17NO2S. The lowest BCUT2D eigenvalue weighted by Gasteiger charge is -2.14. The van der Waals surface area contributed by atoms with Crippen molar-refractivity contribution in [3.05, 3.63) is 12.7 Å². The normalized spacial score (nSPS) is 11.9. The summed E-state index contributed by atoms with van der Waals surface area (Å²) in [5.74, 6) is 0.174. The lowest BCUT2D eigenvalue weighted by molar-refractivity contribution is 0.468. The molecule has 72 valence electrons. The van der Waals surface area contributed by atoms with Crippen molar-refractivity contribution in [2.45, 2.75) is 19.8 Å². The summed E-state index contributed by atoms with van der Waals surface area (Å²) in [5.41, 5.74) is 0. The molecule has 4 heteroatoms. The number of hydrogen-bond acceptors (Lipinski definition) is 2. The minimum atomic E-state index is -3.02. The fourth-order valence-corrected chi connectivity index (χ4v) is 2.08. The zero-order valence-electron chi connectivity index (χ0n) is 7.78. The van der Waals surface area contributed by atoms with Gasteiger partial charge in [0.15, 0.2) is 0 Å². The van der Waals surface area contributed by atoms with Gasteiger partial charge in [0.1, 0.15) is 0 Å². The first kappa shape index (κ1) is 11.6. The van der Waals surface area contributed by atoms with E-state index in [1.54, 1.807) is 13.1 Å². The van der Waals surface area contributed by atoms with Gasteiger partial charge in [0.2, 0.25) is 10.0 Å². The number of sulfonamides is 1. The molecule has 0 aromatic carbocycles. The van der Waals surface area contributed by atoms with Crippen LogP contribution in [0.5, 0.6) is 0 Å². The second-order valence-corrected chi connectivity index (χ2v) is 4.91. The van der Waals surface area contributed by atoms with Gasteiger partial charge >= 0.3 is 0 Å². The summed E-state index contributed by atoms with van der Waals surface area (Å²) in [4.78, 5) is 0. The van der Waals surface area contributed by atoms with E-state index in [0.29, 0.717) is 13.0 Å². The van der Waals surface area contributed by atoms with E-state index in [0.717, 1.165) is 6.42 Å². The molecule has 0 heterocycles. The summed E-state index contributed by atoms with van der Waals surface area (Å²) >= 11 is 0. The van der Waals surface area contributed by atoms with Crippen LogP contribution in [0.2, 0.25) is 0 Å². The van der Waals surface area contributed by atoms with Crippen molar-refractivity contribution in [2.75, 3.05) is 19.3 Å². The van der Waals surface area contributed by atoms with E-state index in [2.05, 4.69) is 6.58 Å². The maximum absolute atomic E-state index is 11.4. The van der Waals surface area contributed by atoms with Gasteiger partial charge in [0.25, 0.3) is 0 Å². The topological polar surface area (TPSA) is 37.4 Å². The first-order chi connectivity index (χ1) is 5.54. The third kappa shape index (κ3) is 3.88. The maximum Gasteiger partial charge on any atom is 0.214 e. The van der Waals surface area contributed by atoms with Crippen LogP contribution in [0.25, 0.3) is 0 Å². The van der Waals surface area contributed by atoms with Crippen LogP contribution >= 0.6 is 0 Å². The van der Waals surface area contributed by atoms with Crippen LogP contribution in [0.4, 0.5) is 0 Å². The smallest absolute Gasteiger partial charge is 0.212 e. The fourth-order valence-electron chi connectivity index (χ4n) is 0.842. The molecule has 0 radical (unpaired) electrons. The number of rotatable bonds is 6. The first-order valence-corrected chi connectivity index (χ1v) is 5.70. The Labute approximate surface area is 75.1 Å². The monoisotopic (exact) mass is 191 g/mol. The number of nitrogens with zero attached hydrogens (tertiary/aromatic N) is 1. The van der Waals surface area contributed by atoms with Gasteiger partial charge in [-0.15, -0.1) is 6.58 Å². The van der Waals surface area contributed by atoms with E-state index >= 15 is 0 Å². The van der Waals surface area contributed by atoms with E-state index in [1.807, 2.05) is 6.92 Å². The molecule has 0 spiro atoms. The van der Waals surface area contributed by atoms with Crippen molar-refractivity contribution in [3.63, 3.8) is 0 Å². The molecule has 0 amide bonds. The number of allylic oxidation sites excluding steroid dienone is 1.